The van der Waals surface area contributed by atoms with Gasteiger partial charge in [-0.1, -0.05) is 18.2 Å². The van der Waals surface area contributed by atoms with E-state index in [0.717, 1.165) is 0 Å². The topological polar surface area (TPSA) is 94.8 Å². The molecule has 146 valence electrons. The van der Waals surface area contributed by atoms with Gasteiger partial charge in [0.2, 0.25) is 0 Å². The molecule has 0 aliphatic carbocycles. The SMILES string of the molecule is CCOC(=O)NN(c1ccccc1)[C@H]1c2cc(C#N)ccc2OC(C)(C)[C@@H]1O. The molecule has 7 nitrogen and oxygen atoms in total. The predicted octanol–water partition coefficient (Wildman–Crippen LogP) is 3.30. The smallest absolute Gasteiger partial charge is 0.426 e. The minimum Gasteiger partial charge on any atom is -0.485 e. The summed E-state index contributed by atoms with van der Waals surface area (Å²) in [6.45, 7) is 5.48. The fourth-order valence-corrected chi connectivity index (χ4v) is 3.26. The van der Waals surface area contributed by atoms with Crippen molar-refractivity contribution in [3.8, 4) is 11.8 Å². The van der Waals surface area contributed by atoms with E-state index in [1.165, 1.54) is 0 Å². The first-order valence-corrected chi connectivity index (χ1v) is 9.06. The van der Waals surface area contributed by atoms with E-state index in [9.17, 15) is 15.2 Å². The lowest BCUT2D eigenvalue weighted by molar-refractivity contribution is -0.0602. The zero-order chi connectivity index (χ0) is 20.3. The maximum Gasteiger partial charge on any atom is 0.426 e. The average Bonchev–Trinajstić information content (AvgIpc) is 2.68. The maximum absolute atomic E-state index is 12.2. The number of hydrogen-bond acceptors (Lipinski definition) is 6. The second kappa shape index (κ2) is 7.79. The standard InChI is InChI=1S/C21H23N3O4/c1-4-27-20(26)23-24(15-8-6-5-7-9-15)18-16-12-14(13-22)10-11-17(16)28-21(2,3)19(18)25/h5-12,18-19,25H,4H2,1-3H3,(H,23,26)/t18-,19+/m0/s1. The molecule has 7 heteroatoms. The molecule has 0 saturated heterocycles. The Morgan fingerprint density at radius 2 is 2.04 bits per heavy atom. The maximum atomic E-state index is 12.2. The van der Waals surface area contributed by atoms with E-state index in [2.05, 4.69) is 11.5 Å². The van der Waals surface area contributed by atoms with Crippen molar-refractivity contribution in [2.45, 2.75) is 38.5 Å². The van der Waals surface area contributed by atoms with Crippen LogP contribution in [0.2, 0.25) is 0 Å². The number of rotatable bonds is 4. The number of aliphatic hydroxyl groups excluding tert-OH is 1. The molecule has 3 rings (SSSR count). The van der Waals surface area contributed by atoms with Crippen LogP contribution < -0.4 is 15.2 Å². The Morgan fingerprint density at radius 3 is 2.68 bits per heavy atom. The normalized spacial score (nSPS) is 19.5. The van der Waals surface area contributed by atoms with E-state index in [0.29, 0.717) is 22.6 Å². The van der Waals surface area contributed by atoms with E-state index in [1.807, 2.05) is 30.3 Å². The van der Waals surface area contributed by atoms with Gasteiger partial charge in [-0.3, -0.25) is 5.01 Å². The summed E-state index contributed by atoms with van der Waals surface area (Å²) in [6.07, 6.45) is -1.64. The number of amides is 1. The monoisotopic (exact) mass is 381 g/mol. The van der Waals surface area contributed by atoms with Crippen molar-refractivity contribution in [1.82, 2.24) is 5.43 Å². The first-order valence-electron chi connectivity index (χ1n) is 9.06. The van der Waals surface area contributed by atoms with Crippen LogP contribution >= 0.6 is 0 Å². The lowest BCUT2D eigenvalue weighted by atomic mass is 9.85. The number of aliphatic hydroxyl groups is 1. The number of carbonyl (C=O) groups is 1. The zero-order valence-electron chi connectivity index (χ0n) is 16.0. The summed E-state index contributed by atoms with van der Waals surface area (Å²) in [5.41, 5.74) is 3.50. The van der Waals surface area contributed by atoms with Gasteiger partial charge in [-0.2, -0.15) is 5.26 Å². The average molecular weight is 381 g/mol. The predicted molar refractivity (Wildman–Crippen MR) is 104 cm³/mol. The number of nitrogens with zero attached hydrogens (tertiary/aromatic N) is 2. The summed E-state index contributed by atoms with van der Waals surface area (Å²) in [5, 5.41) is 22.0. The number of nitrogens with one attached hydrogen (secondary N) is 1. The van der Waals surface area contributed by atoms with Gasteiger partial charge < -0.3 is 14.6 Å². The van der Waals surface area contributed by atoms with Crippen LogP contribution in [0.4, 0.5) is 10.5 Å². The number of nitriles is 1. The Labute approximate surface area is 164 Å². The largest absolute Gasteiger partial charge is 0.485 e. The van der Waals surface area contributed by atoms with Gasteiger partial charge in [-0.25, -0.2) is 10.2 Å². The summed E-state index contributed by atoms with van der Waals surface area (Å²) >= 11 is 0. The van der Waals surface area contributed by atoms with E-state index < -0.39 is 23.8 Å². The molecule has 0 fully saturated rings. The molecule has 28 heavy (non-hydrogen) atoms. The molecule has 0 radical (unpaired) electrons. The fraction of sp³-hybridized carbons (Fsp3) is 0.333. The molecular weight excluding hydrogens is 358 g/mol. The minimum atomic E-state index is -1.00. The summed E-state index contributed by atoms with van der Waals surface area (Å²) in [5.74, 6) is 0.547. The Balaban J connectivity index is 2.14. The third-order valence-corrected chi connectivity index (χ3v) is 4.64. The highest BCUT2D eigenvalue weighted by molar-refractivity contribution is 5.71. The van der Waals surface area contributed by atoms with E-state index in [4.69, 9.17) is 9.47 Å². The van der Waals surface area contributed by atoms with Crippen molar-refractivity contribution < 1.29 is 19.4 Å². The first-order chi connectivity index (χ1) is 13.4. The minimum absolute atomic E-state index is 0.214. The fourth-order valence-electron chi connectivity index (χ4n) is 3.26. The van der Waals surface area contributed by atoms with Gasteiger partial charge in [0.1, 0.15) is 23.5 Å². The quantitative estimate of drug-likeness (QED) is 0.789. The highest BCUT2D eigenvalue weighted by atomic mass is 16.6. The van der Waals surface area contributed by atoms with Crippen LogP contribution in [0.15, 0.2) is 48.5 Å². The number of fused-ring (bicyclic) bond motifs is 1. The van der Waals surface area contributed by atoms with Crippen molar-refractivity contribution in [3.05, 3.63) is 59.7 Å². The Morgan fingerprint density at radius 1 is 1.32 bits per heavy atom. The molecule has 0 saturated carbocycles. The molecule has 0 bridgehead atoms. The highest BCUT2D eigenvalue weighted by Gasteiger charge is 2.46. The van der Waals surface area contributed by atoms with Gasteiger partial charge in [0.05, 0.1) is 23.9 Å². The van der Waals surface area contributed by atoms with Crippen molar-refractivity contribution in [3.63, 3.8) is 0 Å². The van der Waals surface area contributed by atoms with Crippen LogP contribution in [0.3, 0.4) is 0 Å². The Kier molecular flexibility index (Phi) is 5.43. The highest BCUT2D eigenvalue weighted by Crippen LogP contribution is 2.44. The molecule has 1 aliphatic heterocycles. The lowest BCUT2D eigenvalue weighted by Gasteiger charge is -2.46. The number of benzene rings is 2. The Hall–Kier alpha value is -3.24. The van der Waals surface area contributed by atoms with E-state index >= 15 is 0 Å². The van der Waals surface area contributed by atoms with Gasteiger partial charge in [0.25, 0.3) is 0 Å². The molecule has 0 unspecified atom stereocenters. The molecule has 2 atom stereocenters. The lowest BCUT2D eigenvalue weighted by Crippen LogP contribution is -2.57. The van der Waals surface area contributed by atoms with Crippen molar-refractivity contribution in [1.29, 1.82) is 5.26 Å². The number of hydrazine groups is 1. The van der Waals surface area contributed by atoms with Crippen LogP contribution in [0, 0.1) is 11.3 Å². The van der Waals surface area contributed by atoms with Gasteiger partial charge in [0, 0.05) is 5.56 Å². The molecule has 1 aliphatic rings. The summed E-state index contributed by atoms with van der Waals surface area (Å²) in [7, 11) is 0. The van der Waals surface area contributed by atoms with E-state index in [-0.39, 0.29) is 6.61 Å². The molecule has 1 heterocycles. The molecule has 0 aromatic heterocycles. The summed E-state index contributed by atoms with van der Waals surface area (Å²) in [4.78, 5) is 12.2. The summed E-state index contributed by atoms with van der Waals surface area (Å²) < 4.78 is 11.0. The van der Waals surface area contributed by atoms with Gasteiger partial charge in [-0.15, -0.1) is 0 Å². The second-order valence-electron chi connectivity index (χ2n) is 7.00. The molecule has 1 amide bonds. The molecular formula is C21H23N3O4. The molecule has 2 aromatic rings. The summed E-state index contributed by atoms with van der Waals surface area (Å²) in [6, 6.07) is 15.6. The third-order valence-electron chi connectivity index (χ3n) is 4.64. The molecule has 2 N–H and O–H groups in total. The number of para-hydroxylation sites is 1. The number of hydrogen-bond donors (Lipinski definition) is 2. The zero-order valence-corrected chi connectivity index (χ0v) is 16.0. The number of anilines is 1. The Bertz CT molecular complexity index is 892. The van der Waals surface area contributed by atoms with Gasteiger partial charge >= 0.3 is 6.09 Å². The molecule has 2 aromatic carbocycles. The second-order valence-corrected chi connectivity index (χ2v) is 7.00. The van der Waals surface area contributed by atoms with Crippen LogP contribution in [0.25, 0.3) is 0 Å². The number of ether oxygens (including phenoxy) is 2. The van der Waals surface area contributed by atoms with Crippen LogP contribution in [-0.4, -0.2) is 29.5 Å². The first kappa shape index (κ1) is 19.5. The third kappa shape index (κ3) is 3.73. The molecule has 0 spiro atoms. The van der Waals surface area contributed by atoms with Crippen LogP contribution in [0.5, 0.6) is 5.75 Å². The van der Waals surface area contributed by atoms with Crippen LogP contribution in [-0.2, 0) is 4.74 Å². The van der Waals surface area contributed by atoms with Crippen LogP contribution in [0.1, 0.15) is 37.9 Å². The van der Waals surface area contributed by atoms with Crippen molar-refractivity contribution in [2.75, 3.05) is 11.6 Å². The van der Waals surface area contributed by atoms with Gasteiger partial charge in [0.15, 0.2) is 0 Å². The van der Waals surface area contributed by atoms with Crippen molar-refractivity contribution >= 4 is 11.8 Å². The van der Waals surface area contributed by atoms with Gasteiger partial charge in [-0.05, 0) is 51.1 Å². The number of carbonyl (C=O) groups excluding carboxylic acids is 1. The van der Waals surface area contributed by atoms with E-state index in [1.54, 1.807) is 44.0 Å². The van der Waals surface area contributed by atoms with Crippen molar-refractivity contribution in [2.24, 2.45) is 0 Å².